The van der Waals surface area contributed by atoms with Crippen molar-refractivity contribution in [1.29, 1.82) is 0 Å². The molecule has 96 valence electrons. The fourth-order valence-electron chi connectivity index (χ4n) is 1.94. The Labute approximate surface area is 104 Å². The summed E-state index contributed by atoms with van der Waals surface area (Å²) in [4.78, 5) is 2.16. The highest BCUT2D eigenvalue weighted by molar-refractivity contribution is 5.48. The second-order valence-electron chi connectivity index (χ2n) is 4.12. The number of para-hydroxylation sites is 1. The van der Waals surface area contributed by atoms with Gasteiger partial charge in [0.2, 0.25) is 0 Å². The van der Waals surface area contributed by atoms with Crippen LogP contribution in [0, 0.1) is 0 Å². The number of benzene rings is 1. The Morgan fingerprint density at radius 3 is 2.41 bits per heavy atom. The molecule has 17 heavy (non-hydrogen) atoms. The second-order valence-corrected chi connectivity index (χ2v) is 4.12. The van der Waals surface area contributed by atoms with E-state index in [0.29, 0.717) is 0 Å². The summed E-state index contributed by atoms with van der Waals surface area (Å²) < 4.78 is 10.8. The molecule has 1 N–H and O–H groups in total. The van der Waals surface area contributed by atoms with Gasteiger partial charge in [0, 0.05) is 12.1 Å². The van der Waals surface area contributed by atoms with Gasteiger partial charge in [-0.15, -0.1) is 0 Å². The molecule has 0 saturated heterocycles. The number of nitrogens with zero attached hydrogens (tertiary/aromatic N) is 1. The Bertz CT molecular complexity index is 353. The molecule has 0 heterocycles. The number of likely N-dealkylation sites (N-methyl/N-ethyl adjacent to an activating group) is 2. The normalized spacial score (nSPS) is 12.6. The van der Waals surface area contributed by atoms with Crippen molar-refractivity contribution in [3.05, 3.63) is 23.8 Å². The van der Waals surface area contributed by atoms with Crippen LogP contribution in [0.15, 0.2) is 18.2 Å². The van der Waals surface area contributed by atoms with E-state index in [1.165, 1.54) is 0 Å². The Balaban J connectivity index is 3.17. The van der Waals surface area contributed by atoms with Crippen molar-refractivity contribution in [1.82, 2.24) is 10.2 Å². The summed E-state index contributed by atoms with van der Waals surface area (Å²) >= 11 is 0. The molecule has 0 aliphatic rings. The van der Waals surface area contributed by atoms with Gasteiger partial charge in [-0.1, -0.05) is 12.1 Å². The highest BCUT2D eigenvalue weighted by Crippen LogP contribution is 2.35. The topological polar surface area (TPSA) is 33.7 Å². The third-order valence-corrected chi connectivity index (χ3v) is 2.81. The molecule has 1 aromatic rings. The van der Waals surface area contributed by atoms with Gasteiger partial charge < -0.3 is 19.7 Å². The zero-order valence-electron chi connectivity index (χ0n) is 11.3. The van der Waals surface area contributed by atoms with Gasteiger partial charge in [0.15, 0.2) is 11.5 Å². The van der Waals surface area contributed by atoms with Crippen LogP contribution in [0.25, 0.3) is 0 Å². The van der Waals surface area contributed by atoms with Crippen molar-refractivity contribution in [2.75, 3.05) is 41.9 Å². The summed E-state index contributed by atoms with van der Waals surface area (Å²) in [6.45, 7) is 0.858. The van der Waals surface area contributed by atoms with E-state index in [-0.39, 0.29) is 6.04 Å². The molecule has 0 spiro atoms. The van der Waals surface area contributed by atoms with Crippen LogP contribution in [-0.2, 0) is 0 Å². The summed E-state index contributed by atoms with van der Waals surface area (Å²) in [7, 11) is 9.39. The molecule has 1 aromatic carbocycles. The smallest absolute Gasteiger partial charge is 0.165 e. The van der Waals surface area contributed by atoms with E-state index in [1.54, 1.807) is 14.2 Å². The fourth-order valence-corrected chi connectivity index (χ4v) is 1.94. The SMILES string of the molecule is CNCC(c1cccc(OC)c1OC)N(C)C. The first-order valence-electron chi connectivity index (χ1n) is 5.67. The lowest BCUT2D eigenvalue weighted by molar-refractivity contribution is 0.279. The number of nitrogens with one attached hydrogen (secondary N) is 1. The Morgan fingerprint density at radius 1 is 1.24 bits per heavy atom. The maximum Gasteiger partial charge on any atom is 0.165 e. The van der Waals surface area contributed by atoms with Crippen LogP contribution in [0.1, 0.15) is 11.6 Å². The first kappa shape index (κ1) is 13.8. The molecular weight excluding hydrogens is 216 g/mol. The molecule has 0 aliphatic heterocycles. The maximum absolute atomic E-state index is 5.47. The first-order chi connectivity index (χ1) is 8.15. The van der Waals surface area contributed by atoms with Crippen molar-refractivity contribution in [2.24, 2.45) is 0 Å². The van der Waals surface area contributed by atoms with E-state index in [2.05, 4.69) is 30.4 Å². The lowest BCUT2D eigenvalue weighted by atomic mass is 10.0. The molecule has 0 amide bonds. The zero-order chi connectivity index (χ0) is 12.8. The van der Waals surface area contributed by atoms with E-state index < -0.39 is 0 Å². The van der Waals surface area contributed by atoms with E-state index in [0.717, 1.165) is 23.6 Å². The molecule has 1 unspecified atom stereocenters. The monoisotopic (exact) mass is 238 g/mol. The molecule has 0 radical (unpaired) electrons. The highest BCUT2D eigenvalue weighted by atomic mass is 16.5. The predicted octanol–water partition coefficient (Wildman–Crippen LogP) is 1.53. The van der Waals surface area contributed by atoms with Crippen LogP contribution in [0.2, 0.25) is 0 Å². The third kappa shape index (κ3) is 3.11. The van der Waals surface area contributed by atoms with Crippen LogP contribution in [0.5, 0.6) is 11.5 Å². The molecule has 0 fully saturated rings. The average Bonchev–Trinajstić information content (AvgIpc) is 2.34. The van der Waals surface area contributed by atoms with Gasteiger partial charge in [0.05, 0.1) is 20.3 Å². The summed E-state index contributed by atoms with van der Waals surface area (Å²) in [5.41, 5.74) is 1.13. The zero-order valence-corrected chi connectivity index (χ0v) is 11.3. The van der Waals surface area contributed by atoms with Crippen molar-refractivity contribution in [3.63, 3.8) is 0 Å². The van der Waals surface area contributed by atoms with Gasteiger partial charge in [-0.2, -0.15) is 0 Å². The number of hydrogen-bond donors (Lipinski definition) is 1. The van der Waals surface area contributed by atoms with Gasteiger partial charge in [0.25, 0.3) is 0 Å². The van der Waals surface area contributed by atoms with Crippen LogP contribution in [0.3, 0.4) is 0 Å². The Morgan fingerprint density at radius 2 is 1.94 bits per heavy atom. The average molecular weight is 238 g/mol. The minimum Gasteiger partial charge on any atom is -0.493 e. The van der Waals surface area contributed by atoms with Gasteiger partial charge in [-0.05, 0) is 27.2 Å². The molecule has 0 saturated carbocycles. The van der Waals surface area contributed by atoms with Crippen LogP contribution >= 0.6 is 0 Å². The standard InChI is InChI=1S/C13H22N2O2/c1-14-9-11(15(2)3)10-7-6-8-12(16-4)13(10)17-5/h6-8,11,14H,9H2,1-5H3. The summed E-state index contributed by atoms with van der Waals surface area (Å²) in [6, 6.07) is 6.23. The first-order valence-corrected chi connectivity index (χ1v) is 5.67. The molecule has 4 heteroatoms. The molecule has 0 aliphatic carbocycles. The largest absolute Gasteiger partial charge is 0.493 e. The van der Waals surface area contributed by atoms with Crippen LogP contribution < -0.4 is 14.8 Å². The van der Waals surface area contributed by atoms with Crippen molar-refractivity contribution >= 4 is 0 Å². The van der Waals surface area contributed by atoms with Gasteiger partial charge >= 0.3 is 0 Å². The molecule has 1 rings (SSSR count). The van der Waals surface area contributed by atoms with Crippen molar-refractivity contribution in [3.8, 4) is 11.5 Å². The minimum absolute atomic E-state index is 0.255. The Kier molecular flexibility index (Phi) is 5.25. The van der Waals surface area contributed by atoms with Gasteiger partial charge in [0.1, 0.15) is 0 Å². The number of rotatable bonds is 6. The summed E-state index contributed by atoms with van der Waals surface area (Å²) in [6.07, 6.45) is 0. The molecule has 1 atom stereocenters. The molecule has 4 nitrogen and oxygen atoms in total. The highest BCUT2D eigenvalue weighted by Gasteiger charge is 2.20. The maximum atomic E-state index is 5.47. The summed E-state index contributed by atoms with van der Waals surface area (Å²) in [5.74, 6) is 1.58. The number of methoxy groups -OCH3 is 2. The Hall–Kier alpha value is -1.26. The van der Waals surface area contributed by atoms with Gasteiger partial charge in [-0.3, -0.25) is 0 Å². The molecular formula is C13H22N2O2. The number of ether oxygens (including phenoxy) is 2. The van der Waals surface area contributed by atoms with Crippen LogP contribution in [0.4, 0.5) is 0 Å². The lowest BCUT2D eigenvalue weighted by Gasteiger charge is -2.26. The van der Waals surface area contributed by atoms with Crippen LogP contribution in [-0.4, -0.2) is 46.8 Å². The summed E-state index contributed by atoms with van der Waals surface area (Å²) in [5, 5.41) is 3.20. The van der Waals surface area contributed by atoms with Gasteiger partial charge in [-0.25, -0.2) is 0 Å². The predicted molar refractivity (Wildman–Crippen MR) is 69.9 cm³/mol. The van der Waals surface area contributed by atoms with E-state index in [9.17, 15) is 0 Å². The second kappa shape index (κ2) is 6.47. The fraction of sp³-hybridized carbons (Fsp3) is 0.538. The third-order valence-electron chi connectivity index (χ3n) is 2.81. The van der Waals surface area contributed by atoms with E-state index in [1.807, 2.05) is 19.2 Å². The van der Waals surface area contributed by atoms with Crippen molar-refractivity contribution < 1.29 is 9.47 Å². The lowest BCUT2D eigenvalue weighted by Crippen LogP contribution is -2.29. The minimum atomic E-state index is 0.255. The quantitative estimate of drug-likeness (QED) is 0.815. The molecule has 0 bridgehead atoms. The van der Waals surface area contributed by atoms with E-state index >= 15 is 0 Å². The van der Waals surface area contributed by atoms with E-state index in [4.69, 9.17) is 9.47 Å². The van der Waals surface area contributed by atoms with Crippen molar-refractivity contribution in [2.45, 2.75) is 6.04 Å². The molecule has 0 aromatic heterocycles. The number of hydrogen-bond acceptors (Lipinski definition) is 4.